The molecule has 5 aliphatic rings. The smallest absolute Gasteiger partial charge is 0.258 e. The predicted molar refractivity (Wildman–Crippen MR) is 132 cm³/mol. The molecule has 2 bridgehead atoms. The summed E-state index contributed by atoms with van der Waals surface area (Å²) in [5.41, 5.74) is 0. The van der Waals surface area contributed by atoms with Crippen molar-refractivity contribution in [1.29, 1.82) is 0 Å². The maximum Gasteiger partial charge on any atom is 0.258 e. The van der Waals surface area contributed by atoms with Gasteiger partial charge in [-0.05, 0) is 80.1 Å². The van der Waals surface area contributed by atoms with E-state index in [2.05, 4.69) is 29.3 Å². The Morgan fingerprint density at radius 1 is 1.21 bits per heavy atom. The average Bonchev–Trinajstić information content (AvgIpc) is 3.11. The molecule has 2 unspecified atom stereocenters. The summed E-state index contributed by atoms with van der Waals surface area (Å²) in [5, 5.41) is 6.44. The molecule has 1 heterocycles. The van der Waals surface area contributed by atoms with Gasteiger partial charge in [0.25, 0.3) is 5.91 Å². The second-order valence-electron chi connectivity index (χ2n) is 10.7. The number of halogens is 2. The van der Waals surface area contributed by atoms with Crippen molar-refractivity contribution in [3.05, 3.63) is 29.0 Å². The summed E-state index contributed by atoms with van der Waals surface area (Å²) in [5.74, 6) is 2.99. The number of carbonyl (C=O) groups is 2. The Balaban J connectivity index is 1.13. The fourth-order valence-corrected chi connectivity index (χ4v) is 8.46. The summed E-state index contributed by atoms with van der Waals surface area (Å²) in [4.78, 5) is 25.8. The average molecular weight is 509 g/mol. The van der Waals surface area contributed by atoms with Crippen molar-refractivity contribution < 1.29 is 18.7 Å². The number of hydrogen-bond donors (Lipinski definition) is 2. The Labute approximate surface area is 210 Å². The molecule has 34 heavy (non-hydrogen) atoms. The van der Waals surface area contributed by atoms with Crippen molar-refractivity contribution in [3.8, 4) is 5.75 Å². The van der Waals surface area contributed by atoms with E-state index in [-0.39, 0.29) is 45.9 Å². The van der Waals surface area contributed by atoms with E-state index in [4.69, 9.17) is 16.3 Å². The highest BCUT2D eigenvalue weighted by Crippen LogP contribution is 2.54. The highest BCUT2D eigenvalue weighted by Gasteiger charge is 2.51. The van der Waals surface area contributed by atoms with Gasteiger partial charge < -0.3 is 15.4 Å². The van der Waals surface area contributed by atoms with Crippen LogP contribution in [0.4, 0.5) is 4.39 Å². The fraction of sp³-hybridized carbons (Fsp3) is 0.692. The molecule has 6 rings (SSSR count). The minimum absolute atomic E-state index is 0.0147. The van der Waals surface area contributed by atoms with Crippen molar-refractivity contribution in [2.75, 3.05) is 18.9 Å². The summed E-state index contributed by atoms with van der Waals surface area (Å²) < 4.78 is 19.2. The minimum Gasteiger partial charge on any atom is -0.484 e. The molecule has 0 spiro atoms. The molecule has 5 fully saturated rings. The highest BCUT2D eigenvalue weighted by molar-refractivity contribution is 8.01. The number of carbonyl (C=O) groups excluding carboxylic acids is 2. The van der Waals surface area contributed by atoms with Gasteiger partial charge in [0.1, 0.15) is 11.6 Å². The molecule has 4 saturated carbocycles. The first kappa shape index (κ1) is 24.2. The lowest BCUT2D eigenvalue weighted by Gasteiger charge is -2.51. The van der Waals surface area contributed by atoms with Gasteiger partial charge in [0, 0.05) is 29.3 Å². The van der Waals surface area contributed by atoms with Crippen molar-refractivity contribution in [2.45, 2.75) is 62.7 Å². The van der Waals surface area contributed by atoms with Crippen LogP contribution in [0.15, 0.2) is 18.2 Å². The number of hydrogen-bond acceptors (Lipinski definition) is 4. The van der Waals surface area contributed by atoms with Gasteiger partial charge in [-0.2, -0.15) is 11.8 Å². The predicted octanol–water partition coefficient (Wildman–Crippen LogP) is 4.82. The molecular formula is C26H34ClFN2O3S. The van der Waals surface area contributed by atoms with Crippen LogP contribution in [0.5, 0.6) is 5.75 Å². The third-order valence-electron chi connectivity index (χ3n) is 8.89. The molecule has 1 aromatic carbocycles. The summed E-state index contributed by atoms with van der Waals surface area (Å²) in [7, 11) is 0. The zero-order valence-electron chi connectivity index (χ0n) is 19.7. The lowest BCUT2D eigenvalue weighted by atomic mass is 9.57. The van der Waals surface area contributed by atoms with Crippen LogP contribution >= 0.6 is 23.4 Å². The van der Waals surface area contributed by atoms with E-state index in [1.165, 1.54) is 49.6 Å². The van der Waals surface area contributed by atoms with E-state index in [0.717, 1.165) is 25.3 Å². The third kappa shape index (κ3) is 4.67. The van der Waals surface area contributed by atoms with Crippen LogP contribution in [0.2, 0.25) is 5.02 Å². The Kier molecular flexibility index (Phi) is 7.04. The van der Waals surface area contributed by atoms with Gasteiger partial charge in [0.05, 0.1) is 5.02 Å². The maximum absolute atomic E-state index is 13.6. The first-order valence-electron chi connectivity index (χ1n) is 12.6. The molecule has 2 amide bonds. The van der Waals surface area contributed by atoms with Crippen LogP contribution in [0.1, 0.15) is 51.9 Å². The van der Waals surface area contributed by atoms with Crippen LogP contribution in [0.3, 0.4) is 0 Å². The number of nitrogens with one attached hydrogen (secondary N) is 2. The fourth-order valence-electron chi connectivity index (χ4n) is 6.44. The molecule has 186 valence electrons. The zero-order chi connectivity index (χ0) is 23.9. The number of ether oxygens (including phenoxy) is 1. The van der Waals surface area contributed by atoms with Gasteiger partial charge in [-0.25, -0.2) is 4.39 Å². The Bertz CT molecular complexity index is 939. The van der Waals surface area contributed by atoms with Gasteiger partial charge in [-0.15, -0.1) is 0 Å². The molecule has 4 aliphatic carbocycles. The second-order valence-corrected chi connectivity index (χ2v) is 12.6. The molecule has 0 radical (unpaired) electrons. The van der Waals surface area contributed by atoms with E-state index < -0.39 is 5.82 Å². The normalized spacial score (nSPS) is 34.6. The SMILES string of the molecule is CC1CCSC1(CNC(=O)[C@@H]1C[C@H](NC(=O)COc2ccc(Cl)c(F)c2)C2CC1C2)C1CCC1. The molecule has 2 N–H and O–H groups in total. The first-order valence-corrected chi connectivity index (χ1v) is 14.0. The standard InChI is InChI=1S/C26H34ClFN2O3S/c1-15-7-8-34-26(15,18-3-2-4-18)14-29-25(32)20-12-23(17-9-16(20)10-17)30-24(31)13-33-19-5-6-21(27)22(28)11-19/h5-6,11,15-18,20,23H,2-4,7-10,12-14H2,1H3,(H,29,32)(H,30,31)/t15?,16?,17?,20-,23+,26?/m1/s1. The van der Waals surface area contributed by atoms with E-state index in [9.17, 15) is 14.0 Å². The molecule has 1 aromatic rings. The highest BCUT2D eigenvalue weighted by atomic mass is 35.5. The Morgan fingerprint density at radius 2 is 2.00 bits per heavy atom. The largest absolute Gasteiger partial charge is 0.484 e. The van der Waals surface area contributed by atoms with Crippen molar-refractivity contribution >= 4 is 35.2 Å². The number of amides is 2. The van der Waals surface area contributed by atoms with E-state index in [1.54, 1.807) is 0 Å². The van der Waals surface area contributed by atoms with Gasteiger partial charge in [-0.3, -0.25) is 9.59 Å². The number of thioether (sulfide) groups is 1. The third-order valence-corrected chi connectivity index (χ3v) is 11.1. The number of benzene rings is 1. The monoisotopic (exact) mass is 508 g/mol. The summed E-state index contributed by atoms with van der Waals surface area (Å²) >= 11 is 7.77. The zero-order valence-corrected chi connectivity index (χ0v) is 21.2. The Morgan fingerprint density at radius 3 is 2.65 bits per heavy atom. The quantitative estimate of drug-likeness (QED) is 0.528. The van der Waals surface area contributed by atoms with E-state index in [0.29, 0.717) is 24.2 Å². The maximum atomic E-state index is 13.6. The van der Waals surface area contributed by atoms with Crippen LogP contribution in [-0.2, 0) is 9.59 Å². The molecular weight excluding hydrogens is 475 g/mol. The van der Waals surface area contributed by atoms with Crippen LogP contribution in [-0.4, -0.2) is 41.5 Å². The van der Waals surface area contributed by atoms with Crippen LogP contribution in [0.25, 0.3) is 0 Å². The van der Waals surface area contributed by atoms with Crippen molar-refractivity contribution in [1.82, 2.24) is 10.6 Å². The van der Waals surface area contributed by atoms with Crippen molar-refractivity contribution in [2.24, 2.45) is 29.6 Å². The molecule has 1 aliphatic heterocycles. The molecule has 0 aromatic heterocycles. The number of rotatable bonds is 8. The van der Waals surface area contributed by atoms with E-state index >= 15 is 0 Å². The van der Waals surface area contributed by atoms with E-state index in [1.807, 2.05) is 0 Å². The lowest BCUT2D eigenvalue weighted by Crippen LogP contribution is -2.58. The molecule has 4 atom stereocenters. The Hall–Kier alpha value is -1.47. The van der Waals surface area contributed by atoms with Crippen molar-refractivity contribution in [3.63, 3.8) is 0 Å². The topological polar surface area (TPSA) is 67.4 Å². The van der Waals surface area contributed by atoms with Gasteiger partial charge in [0.15, 0.2) is 6.61 Å². The van der Waals surface area contributed by atoms with Gasteiger partial charge in [0.2, 0.25) is 5.91 Å². The molecule has 5 nitrogen and oxygen atoms in total. The molecule has 8 heteroatoms. The summed E-state index contributed by atoms with van der Waals surface area (Å²) in [6.07, 6.45) is 7.80. The lowest BCUT2D eigenvalue weighted by molar-refractivity contribution is -0.136. The van der Waals surface area contributed by atoms with Crippen LogP contribution < -0.4 is 15.4 Å². The minimum atomic E-state index is -0.578. The van der Waals surface area contributed by atoms with Crippen LogP contribution in [0, 0.1) is 35.4 Å². The van der Waals surface area contributed by atoms with Gasteiger partial charge >= 0.3 is 0 Å². The summed E-state index contributed by atoms with van der Waals surface area (Å²) in [6.45, 7) is 2.94. The number of fused-ring (bicyclic) bond motifs is 2. The first-order chi connectivity index (χ1) is 16.4. The second kappa shape index (κ2) is 9.88. The molecule has 1 saturated heterocycles. The van der Waals surface area contributed by atoms with Gasteiger partial charge in [-0.1, -0.05) is 24.9 Å². The summed E-state index contributed by atoms with van der Waals surface area (Å²) in [6, 6.07) is 4.10.